The number of hydrogen-bond acceptors (Lipinski definition) is 7. The van der Waals surface area contributed by atoms with E-state index in [2.05, 4.69) is 15.4 Å². The number of aromatic nitrogens is 3. The van der Waals surface area contributed by atoms with E-state index in [-0.39, 0.29) is 22.2 Å². The van der Waals surface area contributed by atoms with E-state index in [4.69, 9.17) is 10.2 Å². The van der Waals surface area contributed by atoms with E-state index in [9.17, 15) is 26.8 Å². The van der Waals surface area contributed by atoms with Crippen molar-refractivity contribution in [3.8, 4) is 5.69 Å². The lowest BCUT2D eigenvalue weighted by molar-refractivity contribution is -0.134. The predicted molar refractivity (Wildman–Crippen MR) is 115 cm³/mol. The van der Waals surface area contributed by atoms with Crippen molar-refractivity contribution in [2.24, 2.45) is 0 Å². The second kappa shape index (κ2) is 11.2. The summed E-state index contributed by atoms with van der Waals surface area (Å²) in [6, 6.07) is 7.81. The number of carbonyl (C=O) groups is 2. The van der Waals surface area contributed by atoms with Gasteiger partial charge in [-0.2, -0.15) is 5.10 Å². The summed E-state index contributed by atoms with van der Waals surface area (Å²) < 4.78 is 54.8. The molecule has 180 valence electrons. The zero-order valence-electron chi connectivity index (χ0n) is 17.9. The third-order valence-corrected chi connectivity index (χ3v) is 5.79. The van der Waals surface area contributed by atoms with Gasteiger partial charge in [-0.1, -0.05) is 6.07 Å². The highest BCUT2D eigenvalue weighted by molar-refractivity contribution is 7.91. The smallest absolute Gasteiger partial charge is 0.328 e. The van der Waals surface area contributed by atoms with Gasteiger partial charge >= 0.3 is 11.9 Å². The number of hydrogen-bond donors (Lipinski definition) is 3. The van der Waals surface area contributed by atoms with E-state index < -0.39 is 33.4 Å². The van der Waals surface area contributed by atoms with E-state index in [1.54, 1.807) is 20.0 Å². The van der Waals surface area contributed by atoms with Gasteiger partial charge in [0, 0.05) is 36.7 Å². The maximum Gasteiger partial charge on any atom is 0.328 e. The summed E-state index contributed by atoms with van der Waals surface area (Å²) in [5.74, 6) is -4.78. The standard InChI is InChI=1S/C17H16F2N4O2S.C4H4O4/c1-11-6-7-13(10-21-11)26(24,25)16-8-12(9-20-2)22-23(16)15-5-3-4-14(18)17(15)19;5-3(6)1-2-4(7)8/h3-8,10,20H,9H2,1-2H3;1-2H,(H,5,6)(H,7,8)/b;2-1+. The van der Waals surface area contributed by atoms with Crippen molar-refractivity contribution in [1.82, 2.24) is 20.1 Å². The van der Waals surface area contributed by atoms with E-state index >= 15 is 0 Å². The molecule has 0 saturated heterocycles. The van der Waals surface area contributed by atoms with Gasteiger partial charge in [0.15, 0.2) is 16.7 Å². The highest BCUT2D eigenvalue weighted by Crippen LogP contribution is 2.26. The number of sulfone groups is 1. The van der Waals surface area contributed by atoms with Gasteiger partial charge in [-0.25, -0.2) is 31.5 Å². The lowest BCUT2D eigenvalue weighted by Crippen LogP contribution is -2.12. The van der Waals surface area contributed by atoms with Gasteiger partial charge in [-0.05, 0) is 38.2 Å². The average molecular weight is 494 g/mol. The number of pyridine rings is 1. The van der Waals surface area contributed by atoms with Crippen LogP contribution in [0.4, 0.5) is 8.78 Å². The Kier molecular flexibility index (Phi) is 8.70. The molecule has 0 amide bonds. The van der Waals surface area contributed by atoms with Crippen molar-refractivity contribution in [3.63, 3.8) is 0 Å². The molecule has 3 N–H and O–H groups in total. The zero-order chi connectivity index (χ0) is 25.5. The van der Waals surface area contributed by atoms with Gasteiger partial charge in [-0.15, -0.1) is 0 Å². The minimum atomic E-state index is -4.04. The number of aliphatic carboxylic acids is 2. The molecule has 13 heteroatoms. The fourth-order valence-electron chi connectivity index (χ4n) is 2.57. The van der Waals surface area contributed by atoms with Crippen LogP contribution in [-0.4, -0.2) is 52.4 Å². The predicted octanol–water partition coefficient (Wildman–Crippen LogP) is 2.12. The second-order valence-electron chi connectivity index (χ2n) is 6.64. The van der Waals surface area contributed by atoms with E-state index in [1.165, 1.54) is 30.5 Å². The Morgan fingerprint density at radius 1 is 1.12 bits per heavy atom. The molecule has 0 radical (unpaired) electrons. The maximum atomic E-state index is 14.2. The van der Waals surface area contributed by atoms with Crippen LogP contribution in [0.3, 0.4) is 0 Å². The van der Waals surface area contributed by atoms with E-state index in [0.29, 0.717) is 23.5 Å². The summed E-state index contributed by atoms with van der Waals surface area (Å²) in [5, 5.41) is 22.3. The first kappa shape index (κ1) is 26.3. The van der Waals surface area contributed by atoms with E-state index in [1.807, 2.05) is 0 Å². The van der Waals surface area contributed by atoms with Gasteiger partial charge in [0.1, 0.15) is 5.69 Å². The van der Waals surface area contributed by atoms with Crippen molar-refractivity contribution in [2.75, 3.05) is 7.05 Å². The molecule has 0 aliphatic rings. The number of aryl methyl sites for hydroxylation is 1. The summed E-state index contributed by atoms with van der Waals surface area (Å²) in [6.07, 6.45) is 2.34. The molecule has 3 rings (SSSR count). The summed E-state index contributed by atoms with van der Waals surface area (Å²) >= 11 is 0. The molecule has 3 aromatic rings. The van der Waals surface area contributed by atoms with Crippen LogP contribution in [0.1, 0.15) is 11.4 Å². The van der Waals surface area contributed by atoms with Gasteiger partial charge in [0.25, 0.3) is 0 Å². The summed E-state index contributed by atoms with van der Waals surface area (Å²) in [4.78, 5) is 23.0. The largest absolute Gasteiger partial charge is 0.478 e. The van der Waals surface area contributed by atoms with Crippen molar-refractivity contribution < 1.29 is 37.0 Å². The quantitative estimate of drug-likeness (QED) is 0.419. The topological polar surface area (TPSA) is 151 Å². The van der Waals surface area contributed by atoms with Crippen LogP contribution in [0.2, 0.25) is 0 Å². The van der Waals surface area contributed by atoms with Crippen molar-refractivity contribution >= 4 is 21.8 Å². The van der Waals surface area contributed by atoms with E-state index in [0.717, 1.165) is 10.7 Å². The Bertz CT molecular complexity index is 1310. The maximum absolute atomic E-state index is 14.2. The second-order valence-corrected chi connectivity index (χ2v) is 8.53. The lowest BCUT2D eigenvalue weighted by Gasteiger charge is -2.09. The van der Waals surface area contributed by atoms with Crippen LogP contribution in [0, 0.1) is 18.6 Å². The third-order valence-electron chi connectivity index (χ3n) is 4.08. The Balaban J connectivity index is 0.000000440. The number of nitrogens with zero attached hydrogens (tertiary/aromatic N) is 3. The van der Waals surface area contributed by atoms with Gasteiger partial charge in [0.05, 0.1) is 10.6 Å². The lowest BCUT2D eigenvalue weighted by atomic mass is 10.3. The minimum absolute atomic E-state index is 0.0583. The molecule has 0 saturated carbocycles. The zero-order valence-corrected chi connectivity index (χ0v) is 18.8. The van der Waals surface area contributed by atoms with Crippen LogP contribution in [0.5, 0.6) is 0 Å². The Morgan fingerprint density at radius 3 is 2.29 bits per heavy atom. The first-order valence-electron chi connectivity index (χ1n) is 9.47. The van der Waals surface area contributed by atoms with Crippen molar-refractivity contribution in [3.05, 3.63) is 77.8 Å². The monoisotopic (exact) mass is 494 g/mol. The highest BCUT2D eigenvalue weighted by Gasteiger charge is 2.27. The molecule has 0 unspecified atom stereocenters. The molecule has 0 aliphatic carbocycles. The molecule has 2 aromatic heterocycles. The number of nitrogens with one attached hydrogen (secondary N) is 1. The molecule has 1 aromatic carbocycles. The fraction of sp³-hybridized carbons (Fsp3) is 0.143. The molecule has 0 aliphatic heterocycles. The SMILES string of the molecule is CNCc1cc(S(=O)(=O)c2ccc(C)nc2)n(-c2cccc(F)c2F)n1.O=C(O)/C=C/C(=O)O. The number of carboxylic acids is 2. The van der Waals surface area contributed by atoms with Crippen LogP contribution in [-0.2, 0) is 26.0 Å². The number of rotatable bonds is 7. The minimum Gasteiger partial charge on any atom is -0.478 e. The normalized spacial score (nSPS) is 11.2. The van der Waals surface area contributed by atoms with Crippen LogP contribution >= 0.6 is 0 Å². The molecular weight excluding hydrogens is 474 g/mol. The van der Waals surface area contributed by atoms with Crippen LogP contribution in [0.15, 0.2) is 64.7 Å². The average Bonchev–Trinajstić information content (AvgIpc) is 3.20. The number of benzene rings is 1. The third kappa shape index (κ3) is 6.52. The summed E-state index contributed by atoms with van der Waals surface area (Å²) in [7, 11) is -2.37. The molecule has 2 heterocycles. The molecular formula is C21H20F2N4O6S. The summed E-state index contributed by atoms with van der Waals surface area (Å²) in [5.41, 5.74) is 0.741. The fourth-order valence-corrected chi connectivity index (χ4v) is 3.91. The van der Waals surface area contributed by atoms with Crippen molar-refractivity contribution in [2.45, 2.75) is 23.4 Å². The van der Waals surface area contributed by atoms with Crippen molar-refractivity contribution in [1.29, 1.82) is 0 Å². The van der Waals surface area contributed by atoms with Gasteiger partial charge < -0.3 is 15.5 Å². The Morgan fingerprint density at radius 2 is 1.76 bits per heavy atom. The molecule has 0 spiro atoms. The molecule has 0 fully saturated rings. The first-order valence-corrected chi connectivity index (χ1v) is 10.9. The van der Waals surface area contributed by atoms with Gasteiger partial charge in [-0.3, -0.25) is 4.98 Å². The highest BCUT2D eigenvalue weighted by atomic mass is 32.2. The molecule has 0 atom stereocenters. The Labute approximate surface area is 193 Å². The molecule has 10 nitrogen and oxygen atoms in total. The summed E-state index contributed by atoms with van der Waals surface area (Å²) in [6.45, 7) is 1.99. The van der Waals surface area contributed by atoms with Crippen LogP contribution in [0.25, 0.3) is 5.69 Å². The number of carboxylic acid groups (broad SMARTS) is 2. The van der Waals surface area contributed by atoms with Crippen LogP contribution < -0.4 is 5.32 Å². The Hall–Kier alpha value is -3.97. The molecule has 34 heavy (non-hydrogen) atoms. The number of halogens is 2. The van der Waals surface area contributed by atoms with Gasteiger partial charge in [0.2, 0.25) is 9.84 Å². The molecule has 0 bridgehead atoms. The first-order chi connectivity index (χ1) is 16.0.